The minimum atomic E-state index is -1.24. The van der Waals surface area contributed by atoms with Crippen LogP contribution in [0.5, 0.6) is 5.75 Å². The van der Waals surface area contributed by atoms with Crippen LogP contribution < -0.4 is 11.3 Å². The molecular formula is C12H10N2O5. The molecule has 0 amide bonds. The number of aromatic amines is 1. The van der Waals surface area contributed by atoms with E-state index in [9.17, 15) is 19.5 Å². The fraction of sp³-hybridized carbons (Fsp3) is 0.0833. The van der Waals surface area contributed by atoms with Crippen LogP contribution in [0.2, 0.25) is 0 Å². The Morgan fingerprint density at radius 2 is 2.00 bits per heavy atom. The number of benzene rings is 1. The van der Waals surface area contributed by atoms with Crippen LogP contribution in [0.3, 0.4) is 0 Å². The molecule has 4 N–H and O–H groups in total. The van der Waals surface area contributed by atoms with Gasteiger partial charge in [-0.25, -0.2) is 4.79 Å². The Labute approximate surface area is 106 Å². The SMILES string of the molecule is NCC(=O)OC(=O)c1c(O)c2ccccc2[nH]c1=O. The second kappa shape index (κ2) is 4.91. The first-order valence-corrected chi connectivity index (χ1v) is 5.33. The van der Waals surface area contributed by atoms with E-state index in [2.05, 4.69) is 9.72 Å². The first-order chi connectivity index (χ1) is 9.04. The van der Waals surface area contributed by atoms with E-state index in [-0.39, 0.29) is 5.39 Å². The number of nitrogens with two attached hydrogens (primary N) is 1. The zero-order valence-electron chi connectivity index (χ0n) is 9.67. The van der Waals surface area contributed by atoms with E-state index < -0.39 is 35.4 Å². The third-order valence-electron chi connectivity index (χ3n) is 2.47. The average molecular weight is 262 g/mol. The molecule has 0 aliphatic rings. The monoisotopic (exact) mass is 262 g/mol. The number of aromatic hydroxyl groups is 1. The predicted octanol–water partition coefficient (Wildman–Crippen LogP) is -0.124. The van der Waals surface area contributed by atoms with Crippen LogP contribution in [-0.2, 0) is 9.53 Å². The molecule has 0 spiro atoms. The largest absolute Gasteiger partial charge is 0.506 e. The van der Waals surface area contributed by atoms with Crippen LogP contribution in [0.1, 0.15) is 10.4 Å². The maximum atomic E-state index is 11.7. The van der Waals surface area contributed by atoms with Crippen LogP contribution in [0, 0.1) is 0 Å². The maximum Gasteiger partial charge on any atom is 0.355 e. The number of rotatable bonds is 2. The van der Waals surface area contributed by atoms with Crippen molar-refractivity contribution in [3.05, 3.63) is 40.2 Å². The number of nitrogens with one attached hydrogen (secondary N) is 1. The van der Waals surface area contributed by atoms with Gasteiger partial charge in [0.1, 0.15) is 5.75 Å². The van der Waals surface area contributed by atoms with Crippen LogP contribution in [0.15, 0.2) is 29.1 Å². The van der Waals surface area contributed by atoms with E-state index in [1.54, 1.807) is 18.2 Å². The van der Waals surface area contributed by atoms with Crippen molar-refractivity contribution in [2.75, 3.05) is 6.54 Å². The van der Waals surface area contributed by atoms with Gasteiger partial charge in [0.15, 0.2) is 5.56 Å². The first kappa shape index (κ1) is 12.8. The van der Waals surface area contributed by atoms with Crippen molar-refractivity contribution in [1.29, 1.82) is 0 Å². The van der Waals surface area contributed by atoms with Gasteiger partial charge in [-0.15, -0.1) is 0 Å². The van der Waals surface area contributed by atoms with Crippen LogP contribution in [0.4, 0.5) is 0 Å². The Balaban J connectivity index is 2.58. The lowest BCUT2D eigenvalue weighted by Gasteiger charge is -2.06. The molecule has 7 heteroatoms. The molecule has 0 bridgehead atoms. The highest BCUT2D eigenvalue weighted by atomic mass is 16.6. The predicted molar refractivity (Wildman–Crippen MR) is 65.7 cm³/mol. The van der Waals surface area contributed by atoms with E-state index in [1.807, 2.05) is 0 Å². The number of fused-ring (bicyclic) bond motifs is 1. The zero-order chi connectivity index (χ0) is 14.0. The van der Waals surface area contributed by atoms with Gasteiger partial charge >= 0.3 is 11.9 Å². The van der Waals surface area contributed by atoms with Crippen molar-refractivity contribution >= 4 is 22.8 Å². The van der Waals surface area contributed by atoms with Gasteiger partial charge in [0.25, 0.3) is 5.56 Å². The maximum absolute atomic E-state index is 11.7. The second-order valence-corrected chi connectivity index (χ2v) is 3.69. The van der Waals surface area contributed by atoms with Gasteiger partial charge in [0.05, 0.1) is 12.1 Å². The summed E-state index contributed by atoms with van der Waals surface area (Å²) in [6, 6.07) is 6.37. The Bertz CT molecular complexity index is 720. The molecule has 0 aliphatic carbocycles. The Hall–Kier alpha value is -2.67. The topological polar surface area (TPSA) is 122 Å². The summed E-state index contributed by atoms with van der Waals surface area (Å²) >= 11 is 0. The van der Waals surface area contributed by atoms with Gasteiger partial charge in [-0.1, -0.05) is 12.1 Å². The van der Waals surface area contributed by atoms with Gasteiger partial charge in [-0.2, -0.15) is 0 Å². The number of carbonyl (C=O) groups is 2. The molecule has 0 unspecified atom stereocenters. The summed E-state index contributed by atoms with van der Waals surface area (Å²) in [5.74, 6) is -2.76. The summed E-state index contributed by atoms with van der Waals surface area (Å²) in [5, 5.41) is 10.2. The smallest absolute Gasteiger partial charge is 0.355 e. The molecule has 1 aromatic carbocycles. The lowest BCUT2D eigenvalue weighted by Crippen LogP contribution is -2.25. The molecule has 2 rings (SSSR count). The Morgan fingerprint density at radius 1 is 1.32 bits per heavy atom. The van der Waals surface area contributed by atoms with Crippen molar-refractivity contribution in [1.82, 2.24) is 4.98 Å². The van der Waals surface area contributed by atoms with Crippen molar-refractivity contribution < 1.29 is 19.4 Å². The zero-order valence-corrected chi connectivity index (χ0v) is 9.67. The van der Waals surface area contributed by atoms with E-state index in [0.717, 1.165) is 0 Å². The number of para-hydroxylation sites is 1. The molecule has 1 heterocycles. The normalized spacial score (nSPS) is 10.4. The number of pyridine rings is 1. The van der Waals surface area contributed by atoms with Gasteiger partial charge in [-0.05, 0) is 12.1 Å². The molecule has 2 aromatic rings. The van der Waals surface area contributed by atoms with E-state index in [1.165, 1.54) is 6.07 Å². The summed E-state index contributed by atoms with van der Waals surface area (Å²) in [6.45, 7) is -0.502. The molecule has 0 fully saturated rings. The van der Waals surface area contributed by atoms with Crippen LogP contribution >= 0.6 is 0 Å². The number of H-pyrrole nitrogens is 1. The fourth-order valence-corrected chi connectivity index (χ4v) is 1.61. The fourth-order valence-electron chi connectivity index (χ4n) is 1.61. The summed E-state index contributed by atoms with van der Waals surface area (Å²) in [5.41, 5.74) is 3.89. The molecule has 7 nitrogen and oxygen atoms in total. The number of aromatic nitrogens is 1. The molecule has 0 radical (unpaired) electrons. The summed E-state index contributed by atoms with van der Waals surface area (Å²) in [7, 11) is 0. The second-order valence-electron chi connectivity index (χ2n) is 3.69. The van der Waals surface area contributed by atoms with Gasteiger partial charge in [-0.3, -0.25) is 9.59 Å². The molecular weight excluding hydrogens is 252 g/mol. The van der Waals surface area contributed by atoms with Gasteiger partial charge in [0.2, 0.25) is 0 Å². The van der Waals surface area contributed by atoms with Gasteiger partial charge in [0, 0.05) is 5.39 Å². The van der Waals surface area contributed by atoms with E-state index in [0.29, 0.717) is 5.52 Å². The van der Waals surface area contributed by atoms with Crippen molar-refractivity contribution in [2.45, 2.75) is 0 Å². The van der Waals surface area contributed by atoms with Crippen molar-refractivity contribution in [3.8, 4) is 5.75 Å². The molecule has 0 aliphatic heterocycles. The number of hydrogen-bond acceptors (Lipinski definition) is 6. The highest BCUT2D eigenvalue weighted by Gasteiger charge is 2.22. The van der Waals surface area contributed by atoms with Gasteiger partial charge < -0.3 is 20.6 Å². The summed E-state index contributed by atoms with van der Waals surface area (Å²) in [4.78, 5) is 36.7. The van der Waals surface area contributed by atoms with Crippen molar-refractivity contribution in [2.24, 2.45) is 5.73 Å². The quantitative estimate of drug-likeness (QED) is 0.512. The Kier molecular flexibility index (Phi) is 3.30. The lowest BCUT2D eigenvalue weighted by atomic mass is 10.1. The molecule has 19 heavy (non-hydrogen) atoms. The highest BCUT2D eigenvalue weighted by Crippen LogP contribution is 2.24. The minimum absolute atomic E-state index is 0.272. The molecule has 0 atom stereocenters. The van der Waals surface area contributed by atoms with E-state index in [4.69, 9.17) is 5.73 Å². The number of hydrogen-bond donors (Lipinski definition) is 3. The highest BCUT2D eigenvalue weighted by molar-refractivity contribution is 6.03. The standard InChI is InChI=1S/C12H10N2O5/c13-5-8(15)19-12(18)9-10(16)6-3-1-2-4-7(6)14-11(9)17/h1-4H,5,13H2,(H2,14,16,17). The number of carbonyl (C=O) groups excluding carboxylic acids is 2. The molecule has 1 aromatic heterocycles. The van der Waals surface area contributed by atoms with Crippen molar-refractivity contribution in [3.63, 3.8) is 0 Å². The third kappa shape index (κ3) is 2.31. The van der Waals surface area contributed by atoms with E-state index >= 15 is 0 Å². The minimum Gasteiger partial charge on any atom is -0.506 e. The number of ether oxygens (including phenoxy) is 1. The van der Waals surface area contributed by atoms with Crippen LogP contribution in [-0.4, -0.2) is 28.6 Å². The Morgan fingerprint density at radius 3 is 2.68 bits per heavy atom. The molecule has 0 saturated carbocycles. The van der Waals surface area contributed by atoms with Crippen LogP contribution in [0.25, 0.3) is 10.9 Å². The lowest BCUT2D eigenvalue weighted by molar-refractivity contribution is -0.136. The molecule has 0 saturated heterocycles. The third-order valence-corrected chi connectivity index (χ3v) is 2.47. The molecule has 98 valence electrons. The summed E-state index contributed by atoms with van der Waals surface area (Å²) < 4.78 is 4.31. The average Bonchev–Trinajstić information content (AvgIpc) is 2.38. The summed E-state index contributed by atoms with van der Waals surface area (Å²) in [6.07, 6.45) is 0. The first-order valence-electron chi connectivity index (χ1n) is 5.33. The number of esters is 2.